The maximum atomic E-state index is 13.1. The fourth-order valence-corrected chi connectivity index (χ4v) is 4.86. The lowest BCUT2D eigenvalue weighted by Gasteiger charge is -2.36. The van der Waals surface area contributed by atoms with E-state index in [4.69, 9.17) is 21.3 Å². The molecule has 158 valence electrons. The van der Waals surface area contributed by atoms with Gasteiger partial charge in [0.05, 0.1) is 11.0 Å². The van der Waals surface area contributed by atoms with Gasteiger partial charge in [0.25, 0.3) is 0 Å². The fourth-order valence-electron chi connectivity index (χ4n) is 4.67. The second-order valence-electron chi connectivity index (χ2n) is 8.88. The molecule has 1 unspecified atom stereocenters. The van der Waals surface area contributed by atoms with Crippen LogP contribution in [-0.4, -0.2) is 21.6 Å². The van der Waals surface area contributed by atoms with Crippen molar-refractivity contribution in [2.75, 3.05) is 0 Å². The van der Waals surface area contributed by atoms with E-state index >= 15 is 0 Å². The summed E-state index contributed by atoms with van der Waals surface area (Å²) in [6, 6.07) is 15.4. The largest absolute Gasteiger partial charge is 0.461 e. The Morgan fingerprint density at radius 1 is 1.20 bits per heavy atom. The molecule has 0 saturated heterocycles. The Bertz CT molecular complexity index is 1040. The molecule has 0 bridgehead atoms. The summed E-state index contributed by atoms with van der Waals surface area (Å²) in [5.74, 6) is 2.05. The predicted molar refractivity (Wildman–Crippen MR) is 121 cm³/mol. The van der Waals surface area contributed by atoms with Gasteiger partial charge < -0.3 is 9.30 Å². The zero-order valence-electron chi connectivity index (χ0n) is 17.8. The van der Waals surface area contributed by atoms with Crippen LogP contribution in [0.5, 0.6) is 0 Å². The van der Waals surface area contributed by atoms with Crippen LogP contribution in [0.2, 0.25) is 5.02 Å². The van der Waals surface area contributed by atoms with E-state index in [9.17, 15) is 4.79 Å². The molecule has 0 radical (unpaired) electrons. The summed E-state index contributed by atoms with van der Waals surface area (Å²) in [4.78, 5) is 17.8. The van der Waals surface area contributed by atoms with Gasteiger partial charge in [0.1, 0.15) is 18.5 Å². The Kier molecular flexibility index (Phi) is 6.14. The van der Waals surface area contributed by atoms with E-state index in [1.54, 1.807) is 0 Å². The van der Waals surface area contributed by atoms with Crippen LogP contribution in [0, 0.1) is 17.8 Å². The summed E-state index contributed by atoms with van der Waals surface area (Å²) >= 11 is 6.21. The number of ether oxygens (including phenoxy) is 1. The standard InChI is InChI=1S/C25H29ClN2O2/c1-16(2)20-12-11-17(3)13-23(20)30-24(29)15-28-22-10-5-4-9-21(22)27-25(28)18-7-6-8-19(26)14-18/h4-10,14,16-17,20,23H,11-13,15H2,1-3H3/t17-,20?,23-/m1/s1. The van der Waals surface area contributed by atoms with Gasteiger partial charge in [-0.05, 0) is 54.9 Å². The maximum absolute atomic E-state index is 13.1. The van der Waals surface area contributed by atoms with Gasteiger partial charge in [0.15, 0.2) is 0 Å². The summed E-state index contributed by atoms with van der Waals surface area (Å²) in [5, 5.41) is 0.643. The van der Waals surface area contributed by atoms with Gasteiger partial charge in [-0.15, -0.1) is 0 Å². The van der Waals surface area contributed by atoms with Crippen molar-refractivity contribution in [1.29, 1.82) is 0 Å². The van der Waals surface area contributed by atoms with E-state index in [0.717, 1.165) is 35.3 Å². The number of nitrogens with zero attached hydrogens (tertiary/aromatic N) is 2. The summed E-state index contributed by atoms with van der Waals surface area (Å²) in [5.41, 5.74) is 2.66. The molecule has 1 heterocycles. The van der Waals surface area contributed by atoms with Crippen LogP contribution in [0.3, 0.4) is 0 Å². The summed E-state index contributed by atoms with van der Waals surface area (Å²) in [6.45, 7) is 6.83. The summed E-state index contributed by atoms with van der Waals surface area (Å²) < 4.78 is 8.00. The van der Waals surface area contributed by atoms with Crippen molar-refractivity contribution in [3.05, 3.63) is 53.6 Å². The molecule has 4 rings (SSSR count). The SMILES string of the molecule is CC(C)C1CC[C@@H](C)C[C@H]1OC(=O)Cn1c(-c2cccc(Cl)c2)nc2ccccc21. The number of halogens is 1. The van der Waals surface area contributed by atoms with Crippen LogP contribution < -0.4 is 0 Å². The first-order chi connectivity index (χ1) is 14.4. The molecule has 30 heavy (non-hydrogen) atoms. The first-order valence-corrected chi connectivity index (χ1v) is 11.2. The van der Waals surface area contributed by atoms with Crippen LogP contribution >= 0.6 is 11.6 Å². The van der Waals surface area contributed by atoms with E-state index in [0.29, 0.717) is 22.8 Å². The van der Waals surface area contributed by atoms with Gasteiger partial charge in [-0.25, -0.2) is 4.98 Å². The molecule has 4 nitrogen and oxygen atoms in total. The zero-order chi connectivity index (χ0) is 21.3. The number of fused-ring (bicyclic) bond motifs is 1. The smallest absolute Gasteiger partial charge is 0.326 e. The molecular formula is C25H29ClN2O2. The third-order valence-electron chi connectivity index (χ3n) is 6.27. The van der Waals surface area contributed by atoms with Crippen molar-refractivity contribution < 1.29 is 9.53 Å². The molecule has 3 aromatic rings. The number of esters is 1. The van der Waals surface area contributed by atoms with Crippen LogP contribution in [0.4, 0.5) is 0 Å². The monoisotopic (exact) mass is 424 g/mol. The Labute approximate surface area is 183 Å². The Morgan fingerprint density at radius 3 is 2.77 bits per heavy atom. The number of carbonyl (C=O) groups is 1. The minimum atomic E-state index is -0.203. The van der Waals surface area contributed by atoms with Crippen molar-refractivity contribution >= 4 is 28.6 Å². The van der Waals surface area contributed by atoms with Crippen LogP contribution in [0.1, 0.15) is 40.0 Å². The van der Waals surface area contributed by atoms with E-state index < -0.39 is 0 Å². The highest BCUT2D eigenvalue weighted by Crippen LogP contribution is 2.35. The van der Waals surface area contributed by atoms with Gasteiger partial charge in [0.2, 0.25) is 0 Å². The Morgan fingerprint density at radius 2 is 2.00 bits per heavy atom. The number of hydrogen-bond donors (Lipinski definition) is 0. The highest BCUT2D eigenvalue weighted by Gasteiger charge is 2.33. The molecule has 5 heteroatoms. The first kappa shape index (κ1) is 20.9. The topological polar surface area (TPSA) is 44.1 Å². The molecule has 0 spiro atoms. The van der Waals surface area contributed by atoms with Gasteiger partial charge in [-0.2, -0.15) is 0 Å². The third-order valence-corrected chi connectivity index (χ3v) is 6.50. The minimum absolute atomic E-state index is 0.00865. The number of rotatable bonds is 5. The van der Waals surface area contributed by atoms with Crippen molar-refractivity contribution in [2.45, 2.75) is 52.7 Å². The number of carbonyl (C=O) groups excluding carboxylic acids is 1. The molecule has 0 amide bonds. The van der Waals surface area contributed by atoms with Crippen molar-refractivity contribution in [2.24, 2.45) is 17.8 Å². The van der Waals surface area contributed by atoms with Gasteiger partial charge >= 0.3 is 5.97 Å². The van der Waals surface area contributed by atoms with Crippen molar-refractivity contribution in [1.82, 2.24) is 9.55 Å². The highest BCUT2D eigenvalue weighted by atomic mass is 35.5. The third kappa shape index (κ3) is 4.39. The average Bonchev–Trinajstić information content (AvgIpc) is 3.06. The second-order valence-corrected chi connectivity index (χ2v) is 9.31. The number of para-hydroxylation sites is 2. The number of imidazole rings is 1. The molecule has 1 saturated carbocycles. The van der Waals surface area contributed by atoms with Crippen molar-refractivity contribution in [3.8, 4) is 11.4 Å². The Balaban J connectivity index is 1.63. The molecule has 1 aromatic heterocycles. The van der Waals surface area contributed by atoms with Crippen molar-refractivity contribution in [3.63, 3.8) is 0 Å². The first-order valence-electron chi connectivity index (χ1n) is 10.8. The normalized spacial score (nSPS) is 21.8. The van der Waals surface area contributed by atoms with E-state index in [-0.39, 0.29) is 18.6 Å². The van der Waals surface area contributed by atoms with E-state index in [2.05, 4.69) is 20.8 Å². The molecule has 0 aliphatic heterocycles. The van der Waals surface area contributed by atoms with Crippen LogP contribution in [0.15, 0.2) is 48.5 Å². The highest BCUT2D eigenvalue weighted by molar-refractivity contribution is 6.30. The molecule has 3 atom stereocenters. The lowest BCUT2D eigenvalue weighted by atomic mass is 9.75. The van der Waals surface area contributed by atoms with E-state index in [1.807, 2.05) is 53.1 Å². The molecule has 1 fully saturated rings. The minimum Gasteiger partial charge on any atom is -0.461 e. The second kappa shape index (κ2) is 8.81. The quantitative estimate of drug-likeness (QED) is 0.447. The zero-order valence-corrected chi connectivity index (χ0v) is 18.6. The van der Waals surface area contributed by atoms with Gasteiger partial charge in [-0.3, -0.25) is 4.79 Å². The summed E-state index contributed by atoms with van der Waals surface area (Å²) in [6.07, 6.45) is 3.27. The molecule has 0 N–H and O–H groups in total. The molecule has 1 aliphatic carbocycles. The molecular weight excluding hydrogens is 396 g/mol. The van der Waals surface area contributed by atoms with Crippen LogP contribution in [-0.2, 0) is 16.1 Å². The molecule has 1 aliphatic rings. The van der Waals surface area contributed by atoms with E-state index in [1.165, 1.54) is 6.42 Å². The number of hydrogen-bond acceptors (Lipinski definition) is 3. The predicted octanol–water partition coefficient (Wildman–Crippen LogP) is 6.36. The maximum Gasteiger partial charge on any atom is 0.326 e. The van der Waals surface area contributed by atoms with Crippen LogP contribution in [0.25, 0.3) is 22.4 Å². The average molecular weight is 425 g/mol. The van der Waals surface area contributed by atoms with Gasteiger partial charge in [-0.1, -0.05) is 63.1 Å². The lowest BCUT2D eigenvalue weighted by Crippen LogP contribution is -2.36. The summed E-state index contributed by atoms with van der Waals surface area (Å²) in [7, 11) is 0. The number of aromatic nitrogens is 2. The lowest BCUT2D eigenvalue weighted by molar-refractivity contribution is -0.156. The molecule has 2 aromatic carbocycles. The Hall–Kier alpha value is -2.33. The number of benzene rings is 2. The fraction of sp³-hybridized carbons (Fsp3) is 0.440. The van der Waals surface area contributed by atoms with Gasteiger partial charge in [0, 0.05) is 10.6 Å².